The summed E-state index contributed by atoms with van der Waals surface area (Å²) in [6.07, 6.45) is 4.52. The summed E-state index contributed by atoms with van der Waals surface area (Å²) in [7, 11) is 0. The molecule has 0 aromatic heterocycles. The largest absolute Gasteiger partial charge is 0.300 e. The molecule has 0 radical (unpaired) electrons. The van der Waals surface area contributed by atoms with Gasteiger partial charge < -0.3 is 4.90 Å². The topological polar surface area (TPSA) is 3.24 Å². The van der Waals surface area contributed by atoms with Crippen LogP contribution >= 0.6 is 0 Å². The van der Waals surface area contributed by atoms with E-state index in [2.05, 4.69) is 32.6 Å². The number of hydrogen-bond acceptors (Lipinski definition) is 1. The summed E-state index contributed by atoms with van der Waals surface area (Å²) in [6.45, 7) is 12.3. The van der Waals surface area contributed by atoms with Crippen LogP contribution in [-0.4, -0.2) is 24.0 Å². The highest BCUT2D eigenvalue weighted by atomic mass is 15.2. The fourth-order valence-electron chi connectivity index (χ4n) is 3.62. The van der Waals surface area contributed by atoms with Crippen molar-refractivity contribution in [1.82, 2.24) is 4.90 Å². The molecule has 2 rings (SSSR count). The zero-order valence-corrected chi connectivity index (χ0v) is 10.9. The van der Waals surface area contributed by atoms with E-state index in [-0.39, 0.29) is 0 Å². The molecule has 0 spiro atoms. The van der Waals surface area contributed by atoms with Gasteiger partial charge >= 0.3 is 0 Å². The highest BCUT2D eigenvalue weighted by Gasteiger charge is 2.36. The lowest BCUT2D eigenvalue weighted by Gasteiger charge is -2.46. The summed E-state index contributed by atoms with van der Waals surface area (Å²) in [5, 5.41) is 0. The fourth-order valence-corrected chi connectivity index (χ4v) is 3.62. The van der Waals surface area contributed by atoms with Gasteiger partial charge in [0.1, 0.15) is 0 Å². The summed E-state index contributed by atoms with van der Waals surface area (Å²) >= 11 is 0. The molecule has 0 N–H and O–H groups in total. The number of fused-ring (bicyclic) bond motifs is 2. The van der Waals surface area contributed by atoms with Gasteiger partial charge in [0.05, 0.1) is 0 Å². The van der Waals surface area contributed by atoms with Gasteiger partial charge in [-0.1, -0.05) is 13.8 Å². The van der Waals surface area contributed by atoms with Gasteiger partial charge in [-0.3, -0.25) is 0 Å². The second-order valence-corrected chi connectivity index (χ2v) is 6.49. The standard InChI is InChI=1S/C14H27N/c1-10(2)14-6-12-5-13(7-14)9-15(8-12)11(3)4/h10-14H,5-9H2,1-4H3. The van der Waals surface area contributed by atoms with Crippen molar-refractivity contribution in [2.45, 2.75) is 53.0 Å². The van der Waals surface area contributed by atoms with Gasteiger partial charge in [-0.15, -0.1) is 0 Å². The molecule has 1 saturated heterocycles. The Morgan fingerprint density at radius 3 is 1.80 bits per heavy atom. The van der Waals surface area contributed by atoms with Crippen LogP contribution in [0.5, 0.6) is 0 Å². The van der Waals surface area contributed by atoms with Gasteiger partial charge in [0.2, 0.25) is 0 Å². The summed E-state index contributed by atoms with van der Waals surface area (Å²) in [6, 6.07) is 0.755. The Kier molecular flexibility index (Phi) is 3.39. The number of nitrogens with zero attached hydrogens (tertiary/aromatic N) is 1. The number of likely N-dealkylation sites (tertiary alicyclic amines) is 1. The van der Waals surface area contributed by atoms with E-state index in [0.29, 0.717) is 0 Å². The summed E-state index contributed by atoms with van der Waals surface area (Å²) < 4.78 is 0. The second kappa shape index (κ2) is 4.45. The Bertz CT molecular complexity index is 175. The van der Waals surface area contributed by atoms with Crippen molar-refractivity contribution in [2.75, 3.05) is 13.1 Å². The minimum atomic E-state index is 0.755. The Labute approximate surface area is 95.2 Å². The first-order chi connectivity index (χ1) is 7.06. The average molecular weight is 209 g/mol. The van der Waals surface area contributed by atoms with Crippen molar-refractivity contribution in [3.05, 3.63) is 0 Å². The van der Waals surface area contributed by atoms with E-state index < -0.39 is 0 Å². The molecule has 1 heterocycles. The maximum atomic E-state index is 2.70. The lowest BCUT2D eigenvalue weighted by molar-refractivity contribution is 0.0292. The first kappa shape index (κ1) is 11.4. The van der Waals surface area contributed by atoms with Crippen LogP contribution in [0.1, 0.15) is 47.0 Å². The third-order valence-corrected chi connectivity index (χ3v) is 4.60. The van der Waals surface area contributed by atoms with Crippen LogP contribution in [0.3, 0.4) is 0 Å². The molecule has 1 saturated carbocycles. The normalized spacial score (nSPS) is 37.6. The van der Waals surface area contributed by atoms with Crippen molar-refractivity contribution in [3.8, 4) is 0 Å². The molecule has 2 bridgehead atoms. The highest BCUT2D eigenvalue weighted by molar-refractivity contribution is 4.88. The zero-order valence-electron chi connectivity index (χ0n) is 10.9. The van der Waals surface area contributed by atoms with Gasteiger partial charge in [0.25, 0.3) is 0 Å². The van der Waals surface area contributed by atoms with Crippen LogP contribution in [0.4, 0.5) is 0 Å². The number of rotatable bonds is 2. The first-order valence-corrected chi connectivity index (χ1v) is 6.80. The lowest BCUT2D eigenvalue weighted by Crippen LogP contribution is -2.47. The molecule has 2 aliphatic rings. The van der Waals surface area contributed by atoms with Crippen LogP contribution in [0.15, 0.2) is 0 Å². The SMILES string of the molecule is CC(C)C1CC2CC(C1)CN(C(C)C)C2. The summed E-state index contributed by atoms with van der Waals surface area (Å²) in [5.74, 6) is 3.93. The predicted octanol–water partition coefficient (Wildman–Crippen LogP) is 3.40. The minimum Gasteiger partial charge on any atom is -0.300 e. The Balaban J connectivity index is 1.96. The van der Waals surface area contributed by atoms with Gasteiger partial charge in [0.15, 0.2) is 0 Å². The molecule has 0 amide bonds. The second-order valence-electron chi connectivity index (χ2n) is 6.49. The van der Waals surface area contributed by atoms with E-state index in [1.807, 2.05) is 0 Å². The lowest BCUT2D eigenvalue weighted by atomic mass is 9.69. The van der Waals surface area contributed by atoms with E-state index in [1.165, 1.54) is 32.4 Å². The highest BCUT2D eigenvalue weighted by Crippen LogP contribution is 2.41. The third-order valence-electron chi connectivity index (χ3n) is 4.60. The maximum Gasteiger partial charge on any atom is 0.00388 e. The van der Waals surface area contributed by atoms with Crippen molar-refractivity contribution in [1.29, 1.82) is 0 Å². The maximum absolute atomic E-state index is 2.70. The third kappa shape index (κ3) is 2.55. The first-order valence-electron chi connectivity index (χ1n) is 6.80. The average Bonchev–Trinajstić information content (AvgIpc) is 2.15. The molecule has 1 aliphatic heterocycles. The molecule has 1 aliphatic carbocycles. The summed E-state index contributed by atoms with van der Waals surface area (Å²) in [4.78, 5) is 2.70. The van der Waals surface area contributed by atoms with E-state index in [4.69, 9.17) is 0 Å². The Hall–Kier alpha value is -0.0400. The monoisotopic (exact) mass is 209 g/mol. The van der Waals surface area contributed by atoms with Crippen LogP contribution in [0, 0.1) is 23.7 Å². The van der Waals surface area contributed by atoms with Crippen LogP contribution in [0.25, 0.3) is 0 Å². The van der Waals surface area contributed by atoms with Crippen molar-refractivity contribution in [2.24, 2.45) is 23.7 Å². The smallest absolute Gasteiger partial charge is 0.00388 e. The van der Waals surface area contributed by atoms with Gasteiger partial charge in [-0.2, -0.15) is 0 Å². The van der Waals surface area contributed by atoms with E-state index in [1.54, 1.807) is 0 Å². The van der Waals surface area contributed by atoms with Gasteiger partial charge in [-0.05, 0) is 56.8 Å². The van der Waals surface area contributed by atoms with Crippen LogP contribution < -0.4 is 0 Å². The quantitative estimate of drug-likeness (QED) is 0.674. The molecular formula is C14H27N. The molecule has 1 nitrogen and oxygen atoms in total. The number of piperidine rings is 1. The minimum absolute atomic E-state index is 0.755. The fraction of sp³-hybridized carbons (Fsp3) is 1.00. The zero-order chi connectivity index (χ0) is 11.0. The molecule has 1 heteroatoms. The Morgan fingerprint density at radius 2 is 1.40 bits per heavy atom. The summed E-state index contributed by atoms with van der Waals surface area (Å²) in [5.41, 5.74) is 0. The predicted molar refractivity (Wildman–Crippen MR) is 65.9 cm³/mol. The molecular weight excluding hydrogens is 182 g/mol. The Morgan fingerprint density at radius 1 is 0.867 bits per heavy atom. The number of hydrogen-bond donors (Lipinski definition) is 0. The molecule has 2 atom stereocenters. The molecule has 88 valence electrons. The van der Waals surface area contributed by atoms with Crippen molar-refractivity contribution >= 4 is 0 Å². The van der Waals surface area contributed by atoms with Gasteiger partial charge in [0, 0.05) is 19.1 Å². The molecule has 0 aromatic carbocycles. The van der Waals surface area contributed by atoms with Crippen molar-refractivity contribution < 1.29 is 0 Å². The van der Waals surface area contributed by atoms with Crippen LogP contribution in [-0.2, 0) is 0 Å². The molecule has 2 unspecified atom stereocenters. The molecule has 0 aromatic rings. The molecule has 15 heavy (non-hydrogen) atoms. The van der Waals surface area contributed by atoms with Crippen molar-refractivity contribution in [3.63, 3.8) is 0 Å². The van der Waals surface area contributed by atoms with E-state index >= 15 is 0 Å². The molecule has 2 fully saturated rings. The van der Waals surface area contributed by atoms with E-state index in [9.17, 15) is 0 Å². The van der Waals surface area contributed by atoms with Crippen LogP contribution in [0.2, 0.25) is 0 Å². The van der Waals surface area contributed by atoms with Gasteiger partial charge in [-0.25, -0.2) is 0 Å². The van der Waals surface area contributed by atoms with E-state index in [0.717, 1.165) is 29.7 Å².